The molecule has 17 heavy (non-hydrogen) atoms. The van der Waals surface area contributed by atoms with Gasteiger partial charge in [-0.3, -0.25) is 0 Å². The summed E-state index contributed by atoms with van der Waals surface area (Å²) in [5.41, 5.74) is 0.708. The van der Waals surface area contributed by atoms with E-state index in [4.69, 9.17) is 4.52 Å². The maximum absolute atomic E-state index is 5.22. The first-order valence-corrected chi connectivity index (χ1v) is 5.64. The first kappa shape index (κ1) is 10.3. The highest BCUT2D eigenvalue weighted by atomic mass is 16.5. The van der Waals surface area contributed by atoms with Gasteiger partial charge in [0.15, 0.2) is 0 Å². The highest BCUT2D eigenvalue weighted by Crippen LogP contribution is 2.15. The van der Waals surface area contributed by atoms with Crippen LogP contribution in [0.1, 0.15) is 11.7 Å². The average Bonchev–Trinajstić information content (AvgIpc) is 2.72. The Balaban J connectivity index is 1.79. The SMILES string of the molecule is Cc1nccc(-c2noc(CC3CNC3)n2)n1. The molecule has 0 aromatic carbocycles. The van der Waals surface area contributed by atoms with Crippen LogP contribution in [0.15, 0.2) is 16.8 Å². The van der Waals surface area contributed by atoms with Crippen molar-refractivity contribution in [3.05, 3.63) is 24.0 Å². The molecule has 1 aliphatic rings. The first-order chi connectivity index (χ1) is 8.31. The van der Waals surface area contributed by atoms with Gasteiger partial charge in [0.2, 0.25) is 11.7 Å². The molecule has 3 rings (SSSR count). The Bertz CT molecular complexity index is 520. The Kier molecular flexibility index (Phi) is 2.56. The highest BCUT2D eigenvalue weighted by molar-refractivity contribution is 5.46. The molecule has 0 aliphatic carbocycles. The predicted octanol–water partition coefficient (Wildman–Crippen LogP) is 0.597. The number of hydrogen-bond acceptors (Lipinski definition) is 6. The molecule has 0 atom stereocenters. The van der Waals surface area contributed by atoms with Crippen LogP contribution in [-0.2, 0) is 6.42 Å². The van der Waals surface area contributed by atoms with Crippen LogP contribution in [-0.4, -0.2) is 33.2 Å². The minimum absolute atomic E-state index is 0.540. The van der Waals surface area contributed by atoms with E-state index in [1.807, 2.05) is 6.92 Å². The lowest BCUT2D eigenvalue weighted by Crippen LogP contribution is -2.43. The van der Waals surface area contributed by atoms with Gasteiger partial charge in [0.1, 0.15) is 11.5 Å². The molecule has 0 bridgehead atoms. The highest BCUT2D eigenvalue weighted by Gasteiger charge is 2.20. The van der Waals surface area contributed by atoms with Crippen molar-refractivity contribution in [3.8, 4) is 11.5 Å². The number of aromatic nitrogens is 4. The summed E-state index contributed by atoms with van der Waals surface area (Å²) >= 11 is 0. The van der Waals surface area contributed by atoms with E-state index >= 15 is 0 Å². The van der Waals surface area contributed by atoms with Gasteiger partial charge in [-0.05, 0) is 32.0 Å². The molecule has 0 amide bonds. The summed E-state index contributed by atoms with van der Waals surface area (Å²) in [6.45, 7) is 3.90. The Labute approximate surface area is 98.5 Å². The van der Waals surface area contributed by atoms with Gasteiger partial charge in [-0.15, -0.1) is 0 Å². The van der Waals surface area contributed by atoms with Crippen molar-refractivity contribution in [3.63, 3.8) is 0 Å². The Morgan fingerprint density at radius 2 is 2.29 bits per heavy atom. The van der Waals surface area contributed by atoms with Crippen molar-refractivity contribution in [2.75, 3.05) is 13.1 Å². The minimum Gasteiger partial charge on any atom is -0.339 e. The number of rotatable bonds is 3. The van der Waals surface area contributed by atoms with E-state index in [-0.39, 0.29) is 0 Å². The molecule has 0 spiro atoms. The van der Waals surface area contributed by atoms with Crippen molar-refractivity contribution in [1.82, 2.24) is 25.4 Å². The monoisotopic (exact) mass is 231 g/mol. The van der Waals surface area contributed by atoms with Crippen LogP contribution in [0.5, 0.6) is 0 Å². The molecule has 1 saturated heterocycles. The Morgan fingerprint density at radius 1 is 1.41 bits per heavy atom. The van der Waals surface area contributed by atoms with Crippen molar-refractivity contribution in [1.29, 1.82) is 0 Å². The molecule has 0 radical (unpaired) electrons. The quantitative estimate of drug-likeness (QED) is 0.833. The summed E-state index contributed by atoms with van der Waals surface area (Å²) in [5, 5.41) is 7.16. The van der Waals surface area contributed by atoms with E-state index in [1.54, 1.807) is 12.3 Å². The number of hydrogen-bond donors (Lipinski definition) is 1. The summed E-state index contributed by atoms with van der Waals surface area (Å²) in [5.74, 6) is 2.55. The summed E-state index contributed by atoms with van der Waals surface area (Å²) in [7, 11) is 0. The molecule has 3 heterocycles. The molecule has 88 valence electrons. The van der Waals surface area contributed by atoms with E-state index in [1.165, 1.54) is 0 Å². The van der Waals surface area contributed by atoms with Crippen molar-refractivity contribution in [2.45, 2.75) is 13.3 Å². The molecule has 2 aromatic heterocycles. The van der Waals surface area contributed by atoms with Gasteiger partial charge < -0.3 is 9.84 Å². The van der Waals surface area contributed by atoms with Gasteiger partial charge >= 0.3 is 0 Å². The topological polar surface area (TPSA) is 76.7 Å². The Morgan fingerprint density at radius 3 is 3.00 bits per heavy atom. The van der Waals surface area contributed by atoms with Crippen molar-refractivity contribution < 1.29 is 4.52 Å². The van der Waals surface area contributed by atoms with Gasteiger partial charge in [-0.1, -0.05) is 5.16 Å². The second kappa shape index (κ2) is 4.21. The van der Waals surface area contributed by atoms with Crippen LogP contribution in [0.3, 0.4) is 0 Å². The normalized spacial score (nSPS) is 15.8. The predicted molar refractivity (Wildman–Crippen MR) is 60.1 cm³/mol. The molecule has 6 nitrogen and oxygen atoms in total. The molecule has 1 fully saturated rings. The second-order valence-electron chi connectivity index (χ2n) is 4.23. The van der Waals surface area contributed by atoms with Crippen LogP contribution < -0.4 is 5.32 Å². The molecule has 0 saturated carbocycles. The third-order valence-corrected chi connectivity index (χ3v) is 2.80. The lowest BCUT2D eigenvalue weighted by molar-refractivity contribution is 0.296. The molecule has 0 unspecified atom stereocenters. The number of nitrogens with zero attached hydrogens (tertiary/aromatic N) is 4. The maximum Gasteiger partial charge on any atom is 0.227 e. The van der Waals surface area contributed by atoms with Gasteiger partial charge in [-0.25, -0.2) is 9.97 Å². The third kappa shape index (κ3) is 2.16. The zero-order valence-electron chi connectivity index (χ0n) is 9.55. The second-order valence-corrected chi connectivity index (χ2v) is 4.23. The van der Waals surface area contributed by atoms with Gasteiger partial charge in [0, 0.05) is 12.6 Å². The summed E-state index contributed by atoms with van der Waals surface area (Å²) < 4.78 is 5.22. The zero-order valence-corrected chi connectivity index (χ0v) is 9.55. The molecule has 1 N–H and O–H groups in total. The van der Waals surface area contributed by atoms with E-state index in [2.05, 4.69) is 25.4 Å². The number of aryl methyl sites for hydroxylation is 1. The van der Waals surface area contributed by atoms with Crippen molar-refractivity contribution >= 4 is 0 Å². The summed E-state index contributed by atoms with van der Waals surface area (Å²) in [6.07, 6.45) is 2.54. The largest absolute Gasteiger partial charge is 0.339 e. The van der Waals surface area contributed by atoms with E-state index < -0.39 is 0 Å². The fraction of sp³-hybridized carbons (Fsp3) is 0.455. The van der Waals surface area contributed by atoms with E-state index in [9.17, 15) is 0 Å². The minimum atomic E-state index is 0.540. The molecule has 1 aliphatic heterocycles. The standard InChI is InChI=1S/C11H13N5O/c1-7-13-3-2-9(14-7)11-15-10(17-16-11)4-8-5-12-6-8/h2-3,8,12H,4-6H2,1H3. The first-order valence-electron chi connectivity index (χ1n) is 5.64. The fourth-order valence-corrected chi connectivity index (χ4v) is 1.76. The smallest absolute Gasteiger partial charge is 0.227 e. The fourth-order valence-electron chi connectivity index (χ4n) is 1.76. The Hall–Kier alpha value is -1.82. The summed E-state index contributed by atoms with van der Waals surface area (Å²) in [4.78, 5) is 12.6. The van der Waals surface area contributed by atoms with E-state index in [0.29, 0.717) is 29.2 Å². The molecule has 2 aromatic rings. The number of nitrogens with one attached hydrogen (secondary N) is 1. The molecular weight excluding hydrogens is 218 g/mol. The lowest BCUT2D eigenvalue weighted by atomic mass is 10.00. The average molecular weight is 231 g/mol. The summed E-state index contributed by atoms with van der Waals surface area (Å²) in [6, 6.07) is 1.78. The molecule has 6 heteroatoms. The van der Waals surface area contributed by atoms with Crippen LogP contribution in [0.2, 0.25) is 0 Å². The van der Waals surface area contributed by atoms with Gasteiger partial charge in [0.25, 0.3) is 0 Å². The van der Waals surface area contributed by atoms with Crippen LogP contribution in [0.25, 0.3) is 11.5 Å². The van der Waals surface area contributed by atoms with Gasteiger partial charge in [0.05, 0.1) is 0 Å². The van der Waals surface area contributed by atoms with Crippen LogP contribution in [0, 0.1) is 12.8 Å². The van der Waals surface area contributed by atoms with Crippen molar-refractivity contribution in [2.24, 2.45) is 5.92 Å². The van der Waals surface area contributed by atoms with Crippen LogP contribution >= 0.6 is 0 Å². The maximum atomic E-state index is 5.22. The lowest BCUT2D eigenvalue weighted by Gasteiger charge is -2.25. The van der Waals surface area contributed by atoms with Gasteiger partial charge in [-0.2, -0.15) is 4.98 Å². The van der Waals surface area contributed by atoms with Crippen LogP contribution in [0.4, 0.5) is 0 Å². The zero-order chi connectivity index (χ0) is 11.7. The van der Waals surface area contributed by atoms with E-state index in [0.717, 1.165) is 19.5 Å². The third-order valence-electron chi connectivity index (χ3n) is 2.80. The molecular formula is C11H13N5O.